The maximum absolute atomic E-state index is 14.1. The van der Waals surface area contributed by atoms with Crippen LogP contribution in [0.15, 0.2) is 46.3 Å². The van der Waals surface area contributed by atoms with Gasteiger partial charge in [-0.05, 0) is 18.2 Å². The largest absolute Gasteiger partial charge is 0.383 e. The fourth-order valence-corrected chi connectivity index (χ4v) is 2.46. The second-order valence-corrected chi connectivity index (χ2v) is 4.84. The highest BCUT2D eigenvalue weighted by Gasteiger charge is 2.30. The van der Waals surface area contributed by atoms with E-state index in [0.717, 1.165) is 5.01 Å². The van der Waals surface area contributed by atoms with E-state index in [0.29, 0.717) is 17.9 Å². The summed E-state index contributed by atoms with van der Waals surface area (Å²) in [5.74, 6) is -0.530. The minimum Gasteiger partial charge on any atom is -0.383 e. The number of ether oxygens (including phenoxy) is 1. The van der Waals surface area contributed by atoms with E-state index in [1.807, 2.05) is 6.07 Å². The molecule has 0 saturated carbocycles. The van der Waals surface area contributed by atoms with Gasteiger partial charge in [-0.15, -0.1) is 12.4 Å². The van der Waals surface area contributed by atoms with Gasteiger partial charge in [-0.2, -0.15) is 10.4 Å². The molecule has 0 atom stereocenters. The third-order valence-corrected chi connectivity index (χ3v) is 3.50. The Balaban J connectivity index is 0.00000176. The van der Waals surface area contributed by atoms with Gasteiger partial charge >= 0.3 is 0 Å². The van der Waals surface area contributed by atoms with E-state index >= 15 is 0 Å². The summed E-state index contributed by atoms with van der Waals surface area (Å²) < 4.78 is 19.3. The number of fused-ring (bicyclic) bond motifs is 1. The van der Waals surface area contributed by atoms with Crippen LogP contribution >= 0.6 is 24.0 Å². The number of nitrogens with two attached hydrogens (primary N) is 1. The van der Waals surface area contributed by atoms with Crippen molar-refractivity contribution in [3.8, 4) is 6.07 Å². The van der Waals surface area contributed by atoms with E-state index < -0.39 is 5.82 Å². The molecule has 2 aliphatic heterocycles. The third kappa shape index (κ3) is 2.55. The van der Waals surface area contributed by atoms with E-state index in [1.165, 1.54) is 18.2 Å². The lowest BCUT2D eigenvalue weighted by molar-refractivity contribution is 0.199. The van der Waals surface area contributed by atoms with E-state index in [-0.39, 0.29) is 41.1 Å². The van der Waals surface area contributed by atoms with Crippen LogP contribution in [0.5, 0.6) is 0 Å². The molecule has 0 radical (unpaired) electrons. The number of anilines is 1. The molecule has 8 heteroatoms. The highest BCUT2D eigenvalue weighted by molar-refractivity contribution is 6.33. The predicted octanol–water partition coefficient (Wildman–Crippen LogP) is 2.73. The molecule has 5 nitrogen and oxygen atoms in total. The Morgan fingerprint density at radius 3 is 2.91 bits per heavy atom. The molecule has 0 fully saturated rings. The lowest BCUT2D eigenvalue weighted by atomic mass is 9.99. The monoisotopic (exact) mass is 340 g/mol. The van der Waals surface area contributed by atoms with Gasteiger partial charge in [0.1, 0.15) is 29.0 Å². The quantitative estimate of drug-likeness (QED) is 0.852. The average molecular weight is 341 g/mol. The van der Waals surface area contributed by atoms with Crippen LogP contribution in [0.4, 0.5) is 10.1 Å². The van der Waals surface area contributed by atoms with Gasteiger partial charge in [-0.25, -0.2) is 9.40 Å². The zero-order valence-corrected chi connectivity index (χ0v) is 12.8. The SMILES string of the molecule is Cl.N#CC1=C(N)N(c2c(F)cccc2Cl)N=C2COCC=C21. The number of nitriles is 1. The highest BCUT2D eigenvalue weighted by Crippen LogP contribution is 2.35. The average Bonchev–Trinajstić information content (AvgIpc) is 2.47. The summed E-state index contributed by atoms with van der Waals surface area (Å²) in [7, 11) is 0. The normalized spacial score (nSPS) is 17.0. The van der Waals surface area contributed by atoms with Crippen LogP contribution < -0.4 is 10.7 Å². The number of benzene rings is 1. The summed E-state index contributed by atoms with van der Waals surface area (Å²) in [6, 6.07) is 6.30. The van der Waals surface area contributed by atoms with Crippen LogP contribution in [-0.2, 0) is 4.74 Å². The first kappa shape index (κ1) is 16.3. The smallest absolute Gasteiger partial charge is 0.150 e. The molecule has 22 heavy (non-hydrogen) atoms. The molecule has 2 N–H and O–H groups in total. The minimum atomic E-state index is -0.573. The molecular formula is C14H11Cl2FN4O. The van der Waals surface area contributed by atoms with Gasteiger partial charge in [-0.1, -0.05) is 17.7 Å². The van der Waals surface area contributed by atoms with Crippen molar-refractivity contribution in [2.45, 2.75) is 0 Å². The van der Waals surface area contributed by atoms with Crippen molar-refractivity contribution < 1.29 is 9.13 Å². The molecule has 0 aromatic heterocycles. The predicted molar refractivity (Wildman–Crippen MR) is 84.3 cm³/mol. The second kappa shape index (κ2) is 6.36. The van der Waals surface area contributed by atoms with Gasteiger partial charge in [0, 0.05) is 5.57 Å². The van der Waals surface area contributed by atoms with Crippen LogP contribution in [0.2, 0.25) is 5.02 Å². The number of rotatable bonds is 1. The van der Waals surface area contributed by atoms with Crippen molar-refractivity contribution in [3.63, 3.8) is 0 Å². The summed E-state index contributed by atoms with van der Waals surface area (Å²) in [5.41, 5.74) is 7.38. The number of hydrazone groups is 1. The van der Waals surface area contributed by atoms with Gasteiger partial charge in [0.2, 0.25) is 0 Å². The van der Waals surface area contributed by atoms with E-state index in [4.69, 9.17) is 22.1 Å². The number of hydrogen-bond acceptors (Lipinski definition) is 5. The number of hydrogen-bond donors (Lipinski definition) is 1. The Morgan fingerprint density at radius 1 is 1.45 bits per heavy atom. The van der Waals surface area contributed by atoms with Crippen molar-refractivity contribution >= 4 is 35.4 Å². The molecule has 2 aliphatic rings. The lowest BCUT2D eigenvalue weighted by Gasteiger charge is -2.29. The zero-order chi connectivity index (χ0) is 15.0. The molecule has 114 valence electrons. The Morgan fingerprint density at radius 2 is 2.23 bits per heavy atom. The summed E-state index contributed by atoms with van der Waals surface area (Å²) in [4.78, 5) is 0. The van der Waals surface area contributed by atoms with E-state index in [1.54, 1.807) is 6.08 Å². The first-order chi connectivity index (χ1) is 10.1. The fourth-order valence-electron chi connectivity index (χ4n) is 2.22. The fraction of sp³-hybridized carbons (Fsp3) is 0.143. The zero-order valence-electron chi connectivity index (χ0n) is 11.2. The second-order valence-electron chi connectivity index (χ2n) is 4.43. The van der Waals surface area contributed by atoms with Gasteiger partial charge in [0.15, 0.2) is 0 Å². The third-order valence-electron chi connectivity index (χ3n) is 3.19. The highest BCUT2D eigenvalue weighted by atomic mass is 35.5. The van der Waals surface area contributed by atoms with Gasteiger partial charge < -0.3 is 10.5 Å². The van der Waals surface area contributed by atoms with Crippen molar-refractivity contribution in [1.29, 1.82) is 5.26 Å². The Hall–Kier alpha value is -2.07. The van der Waals surface area contributed by atoms with Gasteiger partial charge in [-0.3, -0.25) is 0 Å². The van der Waals surface area contributed by atoms with Crippen molar-refractivity contribution in [2.75, 3.05) is 18.2 Å². The number of nitrogens with zero attached hydrogens (tertiary/aromatic N) is 3. The standard InChI is InChI=1S/C14H10ClFN4O.ClH/c15-10-2-1-3-11(16)13(10)20-14(18)9(6-17)8-4-5-21-7-12(8)19-20;/h1-4H,5,7,18H2;1H. The van der Waals surface area contributed by atoms with Crippen molar-refractivity contribution in [2.24, 2.45) is 10.8 Å². The molecule has 2 heterocycles. The minimum absolute atomic E-state index is 0. The molecule has 0 saturated heterocycles. The number of allylic oxidation sites excluding steroid dienone is 1. The van der Waals surface area contributed by atoms with E-state index in [2.05, 4.69) is 5.10 Å². The topological polar surface area (TPSA) is 74.6 Å². The number of para-hydroxylation sites is 1. The molecule has 1 aromatic rings. The van der Waals surface area contributed by atoms with Crippen LogP contribution in [0.1, 0.15) is 0 Å². The molecule has 1 aromatic carbocycles. The molecule has 0 aliphatic carbocycles. The van der Waals surface area contributed by atoms with Crippen molar-refractivity contribution in [3.05, 3.63) is 52.1 Å². The molecule has 0 unspecified atom stereocenters. The maximum Gasteiger partial charge on any atom is 0.150 e. The van der Waals surface area contributed by atoms with Gasteiger partial charge in [0.25, 0.3) is 0 Å². The van der Waals surface area contributed by atoms with Gasteiger partial charge in [0.05, 0.1) is 23.9 Å². The Bertz CT molecular complexity index is 731. The first-order valence-electron chi connectivity index (χ1n) is 6.13. The van der Waals surface area contributed by atoms with Crippen molar-refractivity contribution in [1.82, 2.24) is 0 Å². The maximum atomic E-state index is 14.1. The molecule has 3 rings (SSSR count). The van der Waals surface area contributed by atoms with Crippen LogP contribution in [0, 0.1) is 17.1 Å². The summed E-state index contributed by atoms with van der Waals surface area (Å²) in [5, 5.41) is 14.9. The van der Waals surface area contributed by atoms with Crippen LogP contribution in [-0.4, -0.2) is 18.9 Å². The number of halogens is 3. The van der Waals surface area contributed by atoms with Crippen LogP contribution in [0.25, 0.3) is 0 Å². The molecule has 0 spiro atoms. The molecule has 0 bridgehead atoms. The summed E-state index contributed by atoms with van der Waals surface area (Å²) in [6.45, 7) is 0.611. The van der Waals surface area contributed by atoms with Crippen LogP contribution in [0.3, 0.4) is 0 Å². The Kier molecular flexibility index (Phi) is 4.71. The Labute approximate surface area is 137 Å². The van der Waals surface area contributed by atoms with E-state index in [9.17, 15) is 9.65 Å². The molecular weight excluding hydrogens is 330 g/mol. The first-order valence-corrected chi connectivity index (χ1v) is 6.51. The summed E-state index contributed by atoms with van der Waals surface area (Å²) in [6.07, 6.45) is 1.73. The summed E-state index contributed by atoms with van der Waals surface area (Å²) >= 11 is 6.04. The molecule has 0 amide bonds. The lowest BCUT2D eigenvalue weighted by Crippen LogP contribution is -2.35.